The summed E-state index contributed by atoms with van der Waals surface area (Å²) in [5.74, 6) is 0.0487. The minimum absolute atomic E-state index is 0.260. The van der Waals surface area contributed by atoms with E-state index in [4.69, 9.17) is 9.15 Å². The van der Waals surface area contributed by atoms with Gasteiger partial charge in [-0.15, -0.1) is 0 Å². The number of carbonyl (C=O) groups is 2. The molecule has 0 saturated carbocycles. The summed E-state index contributed by atoms with van der Waals surface area (Å²) in [6.07, 6.45) is 3.53. The number of hydrogen-bond acceptors (Lipinski definition) is 4. The summed E-state index contributed by atoms with van der Waals surface area (Å²) in [6.45, 7) is 6.72. The SMILES string of the molecule is CCCCNC(=O)COC(=O)c1cc(C)n(Cc2ccco2)c1C. The fraction of sp³-hybridized carbons (Fsp3) is 0.444. The first-order valence-corrected chi connectivity index (χ1v) is 8.15. The van der Waals surface area contributed by atoms with Crippen molar-refractivity contribution in [3.63, 3.8) is 0 Å². The summed E-state index contributed by atoms with van der Waals surface area (Å²) >= 11 is 0. The van der Waals surface area contributed by atoms with Crippen LogP contribution in [0, 0.1) is 13.8 Å². The second-order valence-electron chi connectivity index (χ2n) is 5.73. The highest BCUT2D eigenvalue weighted by atomic mass is 16.5. The lowest BCUT2D eigenvalue weighted by Gasteiger charge is -2.08. The van der Waals surface area contributed by atoms with Crippen LogP contribution in [0.15, 0.2) is 28.9 Å². The molecule has 2 aromatic heterocycles. The minimum atomic E-state index is -0.487. The highest BCUT2D eigenvalue weighted by molar-refractivity contribution is 5.92. The Labute approximate surface area is 141 Å². The largest absolute Gasteiger partial charge is 0.467 e. The molecule has 2 rings (SSSR count). The van der Waals surface area contributed by atoms with Crippen molar-refractivity contribution in [2.24, 2.45) is 0 Å². The number of aryl methyl sites for hydroxylation is 1. The summed E-state index contributed by atoms with van der Waals surface area (Å²) in [6, 6.07) is 5.49. The van der Waals surface area contributed by atoms with Gasteiger partial charge in [0.15, 0.2) is 6.61 Å². The average Bonchev–Trinajstić information content (AvgIpc) is 3.16. The molecule has 0 radical (unpaired) electrons. The van der Waals surface area contributed by atoms with Crippen molar-refractivity contribution in [1.82, 2.24) is 9.88 Å². The maximum absolute atomic E-state index is 12.2. The summed E-state index contributed by atoms with van der Waals surface area (Å²) < 4.78 is 12.5. The van der Waals surface area contributed by atoms with E-state index in [2.05, 4.69) is 5.32 Å². The maximum Gasteiger partial charge on any atom is 0.340 e. The Morgan fingerprint density at radius 1 is 1.33 bits per heavy atom. The summed E-state index contributed by atoms with van der Waals surface area (Å²) in [5, 5.41) is 2.72. The van der Waals surface area contributed by atoms with E-state index in [9.17, 15) is 9.59 Å². The van der Waals surface area contributed by atoms with Crippen LogP contribution in [0.1, 0.15) is 47.3 Å². The Morgan fingerprint density at radius 3 is 2.79 bits per heavy atom. The molecule has 0 saturated heterocycles. The molecule has 24 heavy (non-hydrogen) atoms. The molecule has 1 N–H and O–H groups in total. The molecule has 0 spiro atoms. The first-order valence-electron chi connectivity index (χ1n) is 8.15. The molecular formula is C18H24N2O4. The normalized spacial score (nSPS) is 10.6. The molecule has 2 heterocycles. The van der Waals surface area contributed by atoms with Crippen LogP contribution in [0.4, 0.5) is 0 Å². The standard InChI is InChI=1S/C18H24N2O4/c1-4-5-8-19-17(21)12-24-18(22)16-10-13(2)20(14(16)3)11-15-7-6-9-23-15/h6-7,9-10H,4-5,8,11-12H2,1-3H3,(H,19,21). The van der Waals surface area contributed by atoms with E-state index in [1.807, 2.05) is 37.5 Å². The number of unbranched alkanes of at least 4 members (excludes halogenated alkanes) is 1. The van der Waals surface area contributed by atoms with Crippen molar-refractivity contribution in [3.05, 3.63) is 47.2 Å². The third-order valence-corrected chi connectivity index (χ3v) is 3.87. The quantitative estimate of drug-likeness (QED) is 0.596. The van der Waals surface area contributed by atoms with Gasteiger partial charge in [-0.05, 0) is 38.5 Å². The second-order valence-corrected chi connectivity index (χ2v) is 5.73. The first kappa shape index (κ1) is 17.8. The molecule has 0 aromatic carbocycles. The number of amides is 1. The Balaban J connectivity index is 1.96. The fourth-order valence-electron chi connectivity index (χ4n) is 2.47. The second kappa shape index (κ2) is 8.38. The molecule has 0 aliphatic heterocycles. The molecule has 0 aliphatic rings. The van der Waals surface area contributed by atoms with E-state index in [0.29, 0.717) is 18.7 Å². The zero-order chi connectivity index (χ0) is 17.5. The fourth-order valence-corrected chi connectivity index (χ4v) is 2.47. The van der Waals surface area contributed by atoms with Crippen LogP contribution in [0.3, 0.4) is 0 Å². The molecule has 2 aromatic rings. The van der Waals surface area contributed by atoms with Gasteiger partial charge in [0.25, 0.3) is 5.91 Å². The lowest BCUT2D eigenvalue weighted by Crippen LogP contribution is -2.29. The molecule has 0 atom stereocenters. The molecular weight excluding hydrogens is 308 g/mol. The molecule has 0 unspecified atom stereocenters. The number of rotatable bonds is 8. The summed E-state index contributed by atoms with van der Waals surface area (Å²) in [4.78, 5) is 23.8. The highest BCUT2D eigenvalue weighted by Crippen LogP contribution is 2.18. The van der Waals surface area contributed by atoms with Crippen LogP contribution < -0.4 is 5.32 Å². The lowest BCUT2D eigenvalue weighted by atomic mass is 10.2. The number of ether oxygens (including phenoxy) is 1. The molecule has 0 fully saturated rings. The van der Waals surface area contributed by atoms with E-state index in [-0.39, 0.29) is 12.5 Å². The monoisotopic (exact) mass is 332 g/mol. The van der Waals surface area contributed by atoms with Crippen LogP contribution in [0.25, 0.3) is 0 Å². The number of nitrogens with one attached hydrogen (secondary N) is 1. The van der Waals surface area contributed by atoms with Gasteiger partial charge >= 0.3 is 5.97 Å². The van der Waals surface area contributed by atoms with Gasteiger partial charge in [-0.3, -0.25) is 4.79 Å². The Morgan fingerprint density at radius 2 is 2.12 bits per heavy atom. The van der Waals surface area contributed by atoms with Gasteiger partial charge in [0, 0.05) is 17.9 Å². The number of carbonyl (C=O) groups excluding carboxylic acids is 2. The van der Waals surface area contributed by atoms with Gasteiger partial charge in [-0.25, -0.2) is 4.79 Å². The van der Waals surface area contributed by atoms with Gasteiger partial charge in [-0.2, -0.15) is 0 Å². The van der Waals surface area contributed by atoms with Crippen molar-refractivity contribution >= 4 is 11.9 Å². The molecule has 6 nitrogen and oxygen atoms in total. The van der Waals surface area contributed by atoms with Crippen molar-refractivity contribution < 1.29 is 18.7 Å². The van der Waals surface area contributed by atoms with Crippen molar-refractivity contribution in [2.75, 3.05) is 13.2 Å². The Bertz CT molecular complexity index is 686. The zero-order valence-corrected chi connectivity index (χ0v) is 14.4. The van der Waals surface area contributed by atoms with Crippen LogP contribution in [-0.4, -0.2) is 29.6 Å². The summed E-state index contributed by atoms with van der Waals surface area (Å²) in [7, 11) is 0. The van der Waals surface area contributed by atoms with Crippen LogP contribution >= 0.6 is 0 Å². The highest BCUT2D eigenvalue weighted by Gasteiger charge is 2.18. The Kier molecular flexibility index (Phi) is 6.23. The van der Waals surface area contributed by atoms with E-state index in [1.165, 1.54) is 0 Å². The number of hydrogen-bond donors (Lipinski definition) is 1. The number of furan rings is 1. The maximum atomic E-state index is 12.2. The summed E-state index contributed by atoms with van der Waals surface area (Å²) in [5.41, 5.74) is 2.20. The minimum Gasteiger partial charge on any atom is -0.467 e. The van der Waals surface area contributed by atoms with E-state index in [1.54, 1.807) is 12.3 Å². The van der Waals surface area contributed by atoms with Crippen molar-refractivity contribution in [1.29, 1.82) is 0 Å². The zero-order valence-electron chi connectivity index (χ0n) is 14.4. The third kappa shape index (κ3) is 4.50. The van der Waals surface area contributed by atoms with Gasteiger partial charge in [0.05, 0.1) is 18.4 Å². The molecule has 6 heteroatoms. The van der Waals surface area contributed by atoms with E-state index in [0.717, 1.165) is 30.0 Å². The Hall–Kier alpha value is -2.50. The van der Waals surface area contributed by atoms with Gasteiger partial charge in [-0.1, -0.05) is 13.3 Å². The van der Waals surface area contributed by atoms with Crippen LogP contribution in [0.2, 0.25) is 0 Å². The molecule has 1 amide bonds. The number of esters is 1. The third-order valence-electron chi connectivity index (χ3n) is 3.87. The van der Waals surface area contributed by atoms with Crippen molar-refractivity contribution in [3.8, 4) is 0 Å². The molecule has 130 valence electrons. The van der Waals surface area contributed by atoms with E-state index >= 15 is 0 Å². The van der Waals surface area contributed by atoms with Crippen LogP contribution in [0.5, 0.6) is 0 Å². The van der Waals surface area contributed by atoms with Crippen molar-refractivity contribution in [2.45, 2.75) is 40.2 Å². The van der Waals surface area contributed by atoms with E-state index < -0.39 is 5.97 Å². The predicted octanol–water partition coefficient (Wildman–Crippen LogP) is 2.82. The predicted molar refractivity (Wildman–Crippen MR) is 89.9 cm³/mol. The molecule has 0 bridgehead atoms. The molecule has 0 aliphatic carbocycles. The van der Waals surface area contributed by atoms with Gasteiger partial charge in [0.1, 0.15) is 5.76 Å². The topological polar surface area (TPSA) is 73.5 Å². The number of aromatic nitrogens is 1. The van der Waals surface area contributed by atoms with Gasteiger partial charge < -0.3 is 19.0 Å². The smallest absolute Gasteiger partial charge is 0.340 e. The van der Waals surface area contributed by atoms with Crippen LogP contribution in [-0.2, 0) is 16.1 Å². The average molecular weight is 332 g/mol. The first-order chi connectivity index (χ1) is 11.5. The van der Waals surface area contributed by atoms with Gasteiger partial charge in [0.2, 0.25) is 0 Å². The lowest BCUT2D eigenvalue weighted by molar-refractivity contribution is -0.124. The number of nitrogens with zero attached hydrogens (tertiary/aromatic N) is 1.